The quantitative estimate of drug-likeness (QED) is 0.503. The molecule has 0 bridgehead atoms. The fourth-order valence-electron chi connectivity index (χ4n) is 2.84. The average Bonchev–Trinajstić information content (AvgIpc) is 3.20. The predicted octanol–water partition coefficient (Wildman–Crippen LogP) is 4.91. The van der Waals surface area contributed by atoms with E-state index in [1.165, 1.54) is 28.7 Å². The molecule has 2 N–H and O–H groups in total. The van der Waals surface area contributed by atoms with Gasteiger partial charge in [0, 0.05) is 17.4 Å². The first-order chi connectivity index (χ1) is 14.6. The number of thioether (sulfide) groups is 1. The second-order valence-electron chi connectivity index (χ2n) is 6.97. The first-order valence-electron chi connectivity index (χ1n) is 9.59. The maximum atomic E-state index is 12.3. The van der Waals surface area contributed by atoms with Crippen molar-refractivity contribution >= 4 is 45.5 Å². The summed E-state index contributed by atoms with van der Waals surface area (Å²) in [4.78, 5) is 12.3. The SMILES string of the molecule is CC(C)c1ccc(Nc2nnc(SCC(=O)Nc3ccc4c(c3)OCCO4)s2)cc1. The van der Waals surface area contributed by atoms with Gasteiger partial charge in [-0.15, -0.1) is 10.2 Å². The number of benzene rings is 2. The van der Waals surface area contributed by atoms with Crippen LogP contribution in [0.1, 0.15) is 25.3 Å². The molecule has 0 fully saturated rings. The van der Waals surface area contributed by atoms with Crippen LogP contribution in [0.4, 0.5) is 16.5 Å². The molecule has 0 saturated heterocycles. The van der Waals surface area contributed by atoms with E-state index in [0.717, 1.165) is 10.0 Å². The van der Waals surface area contributed by atoms with Crippen molar-refractivity contribution in [3.05, 3.63) is 48.0 Å². The van der Waals surface area contributed by atoms with Crippen molar-refractivity contribution in [2.75, 3.05) is 29.6 Å². The molecule has 0 unspecified atom stereocenters. The summed E-state index contributed by atoms with van der Waals surface area (Å²) in [6, 6.07) is 13.6. The van der Waals surface area contributed by atoms with E-state index in [1.54, 1.807) is 18.2 Å². The zero-order valence-electron chi connectivity index (χ0n) is 16.7. The number of anilines is 3. The molecule has 0 saturated carbocycles. The van der Waals surface area contributed by atoms with Crippen LogP contribution in [-0.4, -0.2) is 35.1 Å². The summed E-state index contributed by atoms with van der Waals surface area (Å²) in [5.74, 6) is 1.96. The van der Waals surface area contributed by atoms with Crippen molar-refractivity contribution in [1.82, 2.24) is 10.2 Å². The van der Waals surface area contributed by atoms with Gasteiger partial charge in [0.15, 0.2) is 15.8 Å². The van der Waals surface area contributed by atoms with Gasteiger partial charge in [0.1, 0.15) is 13.2 Å². The van der Waals surface area contributed by atoms with Crippen LogP contribution in [0.3, 0.4) is 0 Å². The van der Waals surface area contributed by atoms with Gasteiger partial charge in [-0.25, -0.2) is 0 Å². The van der Waals surface area contributed by atoms with Crippen molar-refractivity contribution in [3.63, 3.8) is 0 Å². The third-order valence-electron chi connectivity index (χ3n) is 4.39. The van der Waals surface area contributed by atoms with Gasteiger partial charge in [0.2, 0.25) is 11.0 Å². The van der Waals surface area contributed by atoms with Crippen molar-refractivity contribution in [2.45, 2.75) is 24.1 Å². The summed E-state index contributed by atoms with van der Waals surface area (Å²) in [5.41, 5.74) is 2.93. The van der Waals surface area contributed by atoms with Crippen molar-refractivity contribution in [2.24, 2.45) is 0 Å². The van der Waals surface area contributed by atoms with E-state index in [2.05, 4.69) is 46.8 Å². The van der Waals surface area contributed by atoms with Gasteiger partial charge in [0.25, 0.3) is 0 Å². The van der Waals surface area contributed by atoms with Crippen molar-refractivity contribution in [1.29, 1.82) is 0 Å². The fourth-order valence-corrected chi connectivity index (χ4v) is 4.41. The van der Waals surface area contributed by atoms with Crippen LogP contribution >= 0.6 is 23.1 Å². The molecule has 0 spiro atoms. The molecule has 156 valence electrons. The van der Waals surface area contributed by atoms with E-state index in [4.69, 9.17) is 9.47 Å². The Balaban J connectivity index is 1.28. The summed E-state index contributed by atoms with van der Waals surface area (Å²) < 4.78 is 11.8. The Morgan fingerprint density at radius 1 is 1.07 bits per heavy atom. The smallest absolute Gasteiger partial charge is 0.234 e. The fraction of sp³-hybridized carbons (Fsp3) is 0.286. The number of aromatic nitrogens is 2. The third-order valence-corrected chi connectivity index (χ3v) is 6.36. The van der Waals surface area contributed by atoms with Gasteiger partial charge in [-0.05, 0) is 35.7 Å². The molecule has 1 aliphatic rings. The normalized spacial score (nSPS) is 12.6. The summed E-state index contributed by atoms with van der Waals surface area (Å²) in [5, 5.41) is 15.1. The van der Waals surface area contributed by atoms with Crippen LogP contribution in [0.25, 0.3) is 0 Å². The van der Waals surface area contributed by atoms with Gasteiger partial charge >= 0.3 is 0 Å². The van der Waals surface area contributed by atoms with E-state index in [1.807, 2.05) is 12.1 Å². The van der Waals surface area contributed by atoms with Gasteiger partial charge in [-0.2, -0.15) is 0 Å². The number of nitrogens with one attached hydrogen (secondary N) is 2. The van der Waals surface area contributed by atoms with Gasteiger partial charge in [-0.1, -0.05) is 49.1 Å². The minimum Gasteiger partial charge on any atom is -0.486 e. The molecule has 0 atom stereocenters. The highest BCUT2D eigenvalue weighted by atomic mass is 32.2. The number of ether oxygens (including phenoxy) is 2. The maximum absolute atomic E-state index is 12.3. The van der Waals surface area contributed by atoms with Crippen LogP contribution in [0.2, 0.25) is 0 Å². The van der Waals surface area contributed by atoms with E-state index >= 15 is 0 Å². The molecule has 3 aromatic rings. The Labute approximate surface area is 183 Å². The van der Waals surface area contributed by atoms with Crippen LogP contribution < -0.4 is 20.1 Å². The lowest BCUT2D eigenvalue weighted by atomic mass is 10.0. The van der Waals surface area contributed by atoms with Gasteiger partial charge < -0.3 is 20.1 Å². The lowest BCUT2D eigenvalue weighted by Gasteiger charge is -2.18. The minimum atomic E-state index is -0.120. The molecule has 4 rings (SSSR count). The van der Waals surface area contributed by atoms with E-state index in [-0.39, 0.29) is 11.7 Å². The zero-order valence-corrected chi connectivity index (χ0v) is 18.3. The number of fused-ring (bicyclic) bond motifs is 1. The van der Waals surface area contributed by atoms with Gasteiger partial charge in [-0.3, -0.25) is 4.79 Å². The minimum absolute atomic E-state index is 0.120. The second-order valence-corrected chi connectivity index (χ2v) is 9.17. The molecule has 2 heterocycles. The first-order valence-corrected chi connectivity index (χ1v) is 11.4. The Morgan fingerprint density at radius 3 is 2.57 bits per heavy atom. The number of nitrogens with zero attached hydrogens (tertiary/aromatic N) is 2. The Morgan fingerprint density at radius 2 is 1.80 bits per heavy atom. The largest absolute Gasteiger partial charge is 0.486 e. The summed E-state index contributed by atoms with van der Waals surface area (Å²) in [6.45, 7) is 5.38. The summed E-state index contributed by atoms with van der Waals surface area (Å²) in [7, 11) is 0. The summed E-state index contributed by atoms with van der Waals surface area (Å²) >= 11 is 2.77. The molecule has 1 aliphatic heterocycles. The maximum Gasteiger partial charge on any atom is 0.234 e. The van der Waals surface area contributed by atoms with Gasteiger partial charge in [0.05, 0.1) is 5.75 Å². The molecule has 2 aromatic carbocycles. The predicted molar refractivity (Wildman–Crippen MR) is 121 cm³/mol. The van der Waals surface area contributed by atoms with Crippen LogP contribution in [-0.2, 0) is 4.79 Å². The second kappa shape index (κ2) is 9.36. The van der Waals surface area contributed by atoms with E-state index in [0.29, 0.717) is 41.4 Å². The number of hydrogen-bond donors (Lipinski definition) is 2. The molecule has 0 radical (unpaired) electrons. The van der Waals surface area contributed by atoms with E-state index < -0.39 is 0 Å². The number of amides is 1. The Kier molecular flexibility index (Phi) is 6.39. The molecular formula is C21H22N4O3S2. The third kappa shape index (κ3) is 5.22. The van der Waals surface area contributed by atoms with Crippen molar-refractivity contribution in [3.8, 4) is 11.5 Å². The number of carbonyl (C=O) groups is 1. The zero-order chi connectivity index (χ0) is 20.9. The van der Waals surface area contributed by atoms with E-state index in [9.17, 15) is 4.79 Å². The molecule has 9 heteroatoms. The highest BCUT2D eigenvalue weighted by molar-refractivity contribution is 8.01. The lowest BCUT2D eigenvalue weighted by molar-refractivity contribution is -0.113. The molecule has 30 heavy (non-hydrogen) atoms. The number of carbonyl (C=O) groups excluding carboxylic acids is 1. The Hall–Kier alpha value is -2.78. The molecule has 0 aliphatic carbocycles. The van der Waals surface area contributed by atoms with Crippen LogP contribution in [0.15, 0.2) is 46.8 Å². The lowest BCUT2D eigenvalue weighted by Crippen LogP contribution is -2.17. The topological polar surface area (TPSA) is 85.4 Å². The average molecular weight is 443 g/mol. The monoisotopic (exact) mass is 442 g/mol. The molecule has 1 aromatic heterocycles. The van der Waals surface area contributed by atoms with Crippen LogP contribution in [0.5, 0.6) is 11.5 Å². The van der Waals surface area contributed by atoms with Crippen molar-refractivity contribution < 1.29 is 14.3 Å². The highest BCUT2D eigenvalue weighted by Gasteiger charge is 2.14. The van der Waals surface area contributed by atoms with Crippen LogP contribution in [0, 0.1) is 0 Å². The molecular weight excluding hydrogens is 420 g/mol. The molecule has 1 amide bonds. The standard InChI is InChI=1S/C21H22N4O3S2/c1-13(2)14-3-5-15(6-4-14)23-20-24-25-21(30-20)29-12-19(26)22-16-7-8-17-18(11-16)28-10-9-27-17/h3-8,11,13H,9-10,12H2,1-2H3,(H,22,26)(H,23,24). The Bertz CT molecular complexity index is 1020. The number of hydrogen-bond acceptors (Lipinski definition) is 8. The molecule has 7 nitrogen and oxygen atoms in total. The first kappa shape index (κ1) is 20.5. The summed E-state index contributed by atoms with van der Waals surface area (Å²) in [6.07, 6.45) is 0. The highest BCUT2D eigenvalue weighted by Crippen LogP contribution is 2.33. The number of rotatable bonds is 7.